The van der Waals surface area contributed by atoms with Crippen molar-refractivity contribution in [2.75, 3.05) is 17.7 Å². The molecule has 2 aromatic rings. The zero-order valence-electron chi connectivity index (χ0n) is 9.34. The highest BCUT2D eigenvalue weighted by Crippen LogP contribution is 2.18. The second-order valence-electron chi connectivity index (χ2n) is 3.64. The van der Waals surface area contributed by atoms with Crippen molar-refractivity contribution in [3.05, 3.63) is 34.3 Å². The van der Waals surface area contributed by atoms with E-state index in [1.54, 1.807) is 17.4 Å². The summed E-state index contributed by atoms with van der Waals surface area (Å²) in [4.78, 5) is 11.8. The highest BCUT2D eigenvalue weighted by molar-refractivity contribution is 7.09. The van der Waals surface area contributed by atoms with E-state index in [0.29, 0.717) is 5.82 Å². The Morgan fingerprint density at radius 2 is 2.25 bits per heavy atom. The SMILES string of the molecule is Cc1ncsc1CN(C)c1cccc(N)n1. The molecule has 0 atom stereocenters. The van der Waals surface area contributed by atoms with Gasteiger partial charge in [0.2, 0.25) is 0 Å². The van der Waals surface area contributed by atoms with Crippen molar-refractivity contribution in [2.45, 2.75) is 13.5 Å². The summed E-state index contributed by atoms with van der Waals surface area (Å²) in [6.45, 7) is 2.83. The van der Waals surface area contributed by atoms with Crippen LogP contribution in [-0.4, -0.2) is 17.0 Å². The Labute approximate surface area is 98.8 Å². The fraction of sp³-hybridized carbons (Fsp3) is 0.273. The number of nitrogen functional groups attached to an aromatic ring is 1. The van der Waals surface area contributed by atoms with Gasteiger partial charge in [-0.2, -0.15) is 0 Å². The van der Waals surface area contributed by atoms with E-state index in [1.165, 1.54) is 4.88 Å². The van der Waals surface area contributed by atoms with E-state index in [-0.39, 0.29) is 0 Å². The summed E-state index contributed by atoms with van der Waals surface area (Å²) >= 11 is 1.66. The Morgan fingerprint density at radius 1 is 1.44 bits per heavy atom. The standard InChI is InChI=1S/C11H14N4S/c1-8-9(16-7-13-8)6-15(2)11-5-3-4-10(12)14-11/h3-5,7H,6H2,1-2H3,(H2,12,14). The minimum atomic E-state index is 0.547. The lowest BCUT2D eigenvalue weighted by atomic mass is 10.3. The molecule has 0 aromatic carbocycles. The topological polar surface area (TPSA) is 55.0 Å². The summed E-state index contributed by atoms with van der Waals surface area (Å²) in [5.41, 5.74) is 8.60. The molecule has 0 bridgehead atoms. The molecule has 2 N–H and O–H groups in total. The first-order valence-electron chi connectivity index (χ1n) is 4.99. The molecular weight excluding hydrogens is 220 g/mol. The van der Waals surface area contributed by atoms with Gasteiger partial charge in [-0.1, -0.05) is 6.07 Å². The third-order valence-electron chi connectivity index (χ3n) is 2.37. The average molecular weight is 234 g/mol. The average Bonchev–Trinajstić information content (AvgIpc) is 2.64. The zero-order chi connectivity index (χ0) is 11.5. The van der Waals surface area contributed by atoms with E-state index < -0.39 is 0 Å². The number of pyridine rings is 1. The van der Waals surface area contributed by atoms with Crippen LogP contribution in [0, 0.1) is 6.92 Å². The smallest absolute Gasteiger partial charge is 0.131 e. The molecule has 0 spiro atoms. The Hall–Kier alpha value is -1.62. The maximum Gasteiger partial charge on any atom is 0.131 e. The number of hydrogen-bond donors (Lipinski definition) is 1. The largest absolute Gasteiger partial charge is 0.384 e. The summed E-state index contributed by atoms with van der Waals surface area (Å²) in [6.07, 6.45) is 0. The van der Waals surface area contributed by atoms with Gasteiger partial charge in [-0.15, -0.1) is 11.3 Å². The Morgan fingerprint density at radius 3 is 2.88 bits per heavy atom. The fourth-order valence-electron chi connectivity index (χ4n) is 1.43. The molecule has 0 aliphatic carbocycles. The number of nitrogens with zero attached hydrogens (tertiary/aromatic N) is 3. The van der Waals surface area contributed by atoms with Gasteiger partial charge in [-0.25, -0.2) is 9.97 Å². The monoisotopic (exact) mass is 234 g/mol. The first-order valence-corrected chi connectivity index (χ1v) is 5.87. The van der Waals surface area contributed by atoms with Crippen LogP contribution in [-0.2, 0) is 6.54 Å². The Kier molecular flexibility index (Phi) is 3.05. The van der Waals surface area contributed by atoms with Gasteiger partial charge < -0.3 is 10.6 Å². The molecule has 2 aromatic heterocycles. The highest BCUT2D eigenvalue weighted by atomic mass is 32.1. The number of anilines is 2. The minimum absolute atomic E-state index is 0.547. The van der Waals surface area contributed by atoms with Gasteiger partial charge in [0.15, 0.2) is 0 Å². The van der Waals surface area contributed by atoms with E-state index in [4.69, 9.17) is 5.73 Å². The van der Waals surface area contributed by atoms with E-state index in [0.717, 1.165) is 18.1 Å². The third kappa shape index (κ3) is 2.30. The van der Waals surface area contributed by atoms with Crippen molar-refractivity contribution >= 4 is 23.0 Å². The summed E-state index contributed by atoms with van der Waals surface area (Å²) in [5, 5.41) is 0. The number of thiazole rings is 1. The second kappa shape index (κ2) is 4.49. The molecule has 0 unspecified atom stereocenters. The van der Waals surface area contributed by atoms with E-state index in [1.807, 2.05) is 31.6 Å². The lowest BCUT2D eigenvalue weighted by molar-refractivity contribution is 0.903. The van der Waals surface area contributed by atoms with Crippen LogP contribution in [0.1, 0.15) is 10.6 Å². The van der Waals surface area contributed by atoms with Gasteiger partial charge in [-0.3, -0.25) is 0 Å². The van der Waals surface area contributed by atoms with Gasteiger partial charge in [0.25, 0.3) is 0 Å². The van der Waals surface area contributed by atoms with E-state index in [9.17, 15) is 0 Å². The minimum Gasteiger partial charge on any atom is -0.384 e. The summed E-state index contributed by atoms with van der Waals surface area (Å²) in [5.74, 6) is 1.43. The van der Waals surface area contributed by atoms with Crippen LogP contribution in [0.3, 0.4) is 0 Å². The number of nitrogens with two attached hydrogens (primary N) is 1. The first-order chi connectivity index (χ1) is 7.66. The van der Waals surface area contributed by atoms with Gasteiger partial charge in [-0.05, 0) is 19.1 Å². The fourth-order valence-corrected chi connectivity index (χ4v) is 2.26. The van der Waals surface area contributed by atoms with Crippen LogP contribution in [0.25, 0.3) is 0 Å². The summed E-state index contributed by atoms with van der Waals surface area (Å²) in [6, 6.07) is 5.65. The highest BCUT2D eigenvalue weighted by Gasteiger charge is 2.07. The maximum absolute atomic E-state index is 5.65. The van der Waals surface area contributed by atoms with Gasteiger partial charge in [0.1, 0.15) is 11.6 Å². The Balaban J connectivity index is 2.14. The van der Waals surface area contributed by atoms with Crippen molar-refractivity contribution < 1.29 is 0 Å². The predicted octanol–water partition coefficient (Wildman–Crippen LogP) is 2.07. The van der Waals surface area contributed by atoms with E-state index in [2.05, 4.69) is 14.9 Å². The molecule has 5 heteroatoms. The van der Waals surface area contributed by atoms with Crippen molar-refractivity contribution in [1.29, 1.82) is 0 Å². The van der Waals surface area contributed by atoms with Crippen molar-refractivity contribution in [1.82, 2.24) is 9.97 Å². The predicted molar refractivity (Wildman–Crippen MR) is 67.6 cm³/mol. The van der Waals surface area contributed by atoms with Crippen LogP contribution in [0.15, 0.2) is 23.7 Å². The molecule has 0 saturated carbocycles. The lowest BCUT2D eigenvalue weighted by Gasteiger charge is -2.17. The van der Waals surface area contributed by atoms with Crippen molar-refractivity contribution in [2.24, 2.45) is 0 Å². The van der Waals surface area contributed by atoms with Crippen LogP contribution in [0.5, 0.6) is 0 Å². The molecule has 2 heterocycles. The molecule has 84 valence electrons. The van der Waals surface area contributed by atoms with Crippen LogP contribution in [0.4, 0.5) is 11.6 Å². The van der Waals surface area contributed by atoms with E-state index >= 15 is 0 Å². The number of aromatic nitrogens is 2. The first kappa shape index (κ1) is 10.9. The van der Waals surface area contributed by atoms with Crippen molar-refractivity contribution in [3.8, 4) is 0 Å². The molecule has 0 amide bonds. The second-order valence-corrected chi connectivity index (χ2v) is 4.58. The zero-order valence-corrected chi connectivity index (χ0v) is 10.2. The van der Waals surface area contributed by atoms with Gasteiger partial charge >= 0.3 is 0 Å². The quantitative estimate of drug-likeness (QED) is 0.883. The number of rotatable bonds is 3. The van der Waals surface area contributed by atoms with Gasteiger partial charge in [0.05, 0.1) is 17.7 Å². The summed E-state index contributed by atoms with van der Waals surface area (Å²) < 4.78 is 0. The lowest BCUT2D eigenvalue weighted by Crippen LogP contribution is -2.17. The molecule has 0 aliphatic heterocycles. The molecule has 0 saturated heterocycles. The molecule has 4 nitrogen and oxygen atoms in total. The van der Waals surface area contributed by atoms with Crippen molar-refractivity contribution in [3.63, 3.8) is 0 Å². The molecule has 0 radical (unpaired) electrons. The normalized spacial score (nSPS) is 10.4. The number of aryl methyl sites for hydroxylation is 1. The molecular formula is C11H14N4S. The third-order valence-corrected chi connectivity index (χ3v) is 3.29. The molecule has 2 rings (SSSR count). The molecule has 16 heavy (non-hydrogen) atoms. The molecule has 0 fully saturated rings. The van der Waals surface area contributed by atoms with Crippen LogP contribution >= 0.6 is 11.3 Å². The summed E-state index contributed by atoms with van der Waals surface area (Å²) in [7, 11) is 2.00. The maximum atomic E-state index is 5.65. The molecule has 0 aliphatic rings. The van der Waals surface area contributed by atoms with Crippen LogP contribution in [0.2, 0.25) is 0 Å². The Bertz CT molecular complexity index is 480. The number of hydrogen-bond acceptors (Lipinski definition) is 5. The van der Waals surface area contributed by atoms with Gasteiger partial charge in [0, 0.05) is 11.9 Å². The van der Waals surface area contributed by atoms with Crippen LogP contribution < -0.4 is 10.6 Å².